The van der Waals surface area contributed by atoms with E-state index in [2.05, 4.69) is 6.92 Å². The number of hydrogen-bond donors (Lipinski definition) is 0. The second-order valence-electron chi connectivity index (χ2n) is 4.25. The highest BCUT2D eigenvalue weighted by molar-refractivity contribution is 7.18. The van der Waals surface area contributed by atoms with Gasteiger partial charge in [-0.1, -0.05) is 24.9 Å². The van der Waals surface area contributed by atoms with Gasteiger partial charge >= 0.3 is 0 Å². The monoisotopic (exact) mass is 242 g/mol. The molecule has 0 radical (unpaired) electrons. The number of Topliss-reactive ketones (excluding diaryl/α,β-unsaturated/α-hetero) is 1. The van der Waals surface area contributed by atoms with Crippen LogP contribution in [-0.2, 0) is 0 Å². The zero-order valence-corrected chi connectivity index (χ0v) is 10.4. The molecule has 1 fully saturated rings. The molecule has 0 aromatic carbocycles. The second kappa shape index (κ2) is 4.67. The Labute approximate surface area is 99.5 Å². The smallest absolute Gasteiger partial charge is 0.175 e. The van der Waals surface area contributed by atoms with Crippen molar-refractivity contribution < 1.29 is 4.79 Å². The predicted molar refractivity (Wildman–Crippen MR) is 64.8 cm³/mol. The van der Waals surface area contributed by atoms with Crippen LogP contribution in [0.2, 0.25) is 4.34 Å². The van der Waals surface area contributed by atoms with Gasteiger partial charge in [-0.05, 0) is 37.3 Å². The lowest BCUT2D eigenvalue weighted by molar-refractivity contribution is 0.0924. The quantitative estimate of drug-likeness (QED) is 0.718. The Hall–Kier alpha value is -0.340. The van der Waals surface area contributed by atoms with E-state index in [0.29, 0.717) is 10.1 Å². The van der Waals surface area contributed by atoms with Gasteiger partial charge in [-0.2, -0.15) is 0 Å². The minimum absolute atomic E-state index is 0.254. The topological polar surface area (TPSA) is 17.1 Å². The molecule has 1 saturated carbocycles. The van der Waals surface area contributed by atoms with E-state index >= 15 is 0 Å². The van der Waals surface area contributed by atoms with Crippen molar-refractivity contribution in [2.24, 2.45) is 11.8 Å². The Bertz CT molecular complexity index is 358. The van der Waals surface area contributed by atoms with Gasteiger partial charge in [0.05, 0.1) is 9.21 Å². The van der Waals surface area contributed by atoms with Crippen LogP contribution in [0.5, 0.6) is 0 Å². The Morgan fingerprint density at radius 1 is 1.53 bits per heavy atom. The predicted octanol–water partition coefficient (Wildman–Crippen LogP) is 4.41. The van der Waals surface area contributed by atoms with Crippen molar-refractivity contribution >= 4 is 28.7 Å². The van der Waals surface area contributed by atoms with Gasteiger partial charge in [-0.15, -0.1) is 11.3 Å². The van der Waals surface area contributed by atoms with E-state index in [1.165, 1.54) is 24.2 Å². The maximum atomic E-state index is 12.1. The maximum absolute atomic E-state index is 12.1. The number of ketones is 1. The molecule has 1 nitrogen and oxygen atoms in total. The van der Waals surface area contributed by atoms with E-state index in [0.717, 1.165) is 23.6 Å². The van der Waals surface area contributed by atoms with Crippen molar-refractivity contribution in [2.45, 2.75) is 32.6 Å². The Balaban J connectivity index is 2.03. The molecule has 0 N–H and O–H groups in total. The third-order valence-electron chi connectivity index (χ3n) is 3.31. The molecule has 1 aromatic heterocycles. The van der Waals surface area contributed by atoms with E-state index in [1.807, 2.05) is 12.1 Å². The van der Waals surface area contributed by atoms with E-state index in [-0.39, 0.29) is 5.92 Å². The summed E-state index contributed by atoms with van der Waals surface area (Å²) in [6.07, 6.45) is 4.55. The molecule has 1 aliphatic rings. The normalized spacial score (nSPS) is 25.7. The molecule has 0 spiro atoms. The molecule has 0 bridgehead atoms. The number of carbonyl (C=O) groups is 1. The standard InChI is InChI=1S/C12H15ClOS/c1-2-8-3-4-9(7-8)12(14)10-5-6-11(13)15-10/h5-6,8-9H,2-4,7H2,1H3. The third-order valence-corrected chi connectivity index (χ3v) is 4.55. The van der Waals surface area contributed by atoms with Crippen LogP contribution in [0.25, 0.3) is 0 Å². The molecule has 82 valence electrons. The summed E-state index contributed by atoms with van der Waals surface area (Å²) in [5.74, 6) is 1.32. The van der Waals surface area contributed by atoms with E-state index in [4.69, 9.17) is 11.6 Å². The first-order chi connectivity index (χ1) is 7.20. The molecule has 2 atom stereocenters. The van der Waals surface area contributed by atoms with Crippen molar-refractivity contribution in [3.05, 3.63) is 21.3 Å². The molecule has 0 amide bonds. The highest BCUT2D eigenvalue weighted by Gasteiger charge is 2.29. The summed E-state index contributed by atoms with van der Waals surface area (Å²) < 4.78 is 0.711. The molecule has 0 aliphatic heterocycles. The summed E-state index contributed by atoms with van der Waals surface area (Å²) in [6.45, 7) is 2.21. The summed E-state index contributed by atoms with van der Waals surface area (Å²) in [6, 6.07) is 3.67. The number of thiophene rings is 1. The first-order valence-corrected chi connectivity index (χ1v) is 6.69. The van der Waals surface area contributed by atoms with Gasteiger partial charge < -0.3 is 0 Å². The van der Waals surface area contributed by atoms with Gasteiger partial charge in [0.2, 0.25) is 0 Å². The summed E-state index contributed by atoms with van der Waals surface area (Å²) in [7, 11) is 0. The summed E-state index contributed by atoms with van der Waals surface area (Å²) in [5.41, 5.74) is 0. The van der Waals surface area contributed by atoms with Crippen molar-refractivity contribution in [1.29, 1.82) is 0 Å². The van der Waals surface area contributed by atoms with Crippen LogP contribution < -0.4 is 0 Å². The fourth-order valence-electron chi connectivity index (χ4n) is 2.33. The molecular weight excluding hydrogens is 228 g/mol. The van der Waals surface area contributed by atoms with Crippen LogP contribution in [0.4, 0.5) is 0 Å². The van der Waals surface area contributed by atoms with Crippen molar-refractivity contribution in [1.82, 2.24) is 0 Å². The van der Waals surface area contributed by atoms with E-state index in [1.54, 1.807) is 0 Å². The number of hydrogen-bond acceptors (Lipinski definition) is 2. The molecule has 2 unspecified atom stereocenters. The van der Waals surface area contributed by atoms with E-state index in [9.17, 15) is 4.79 Å². The summed E-state index contributed by atoms with van der Waals surface area (Å²) >= 11 is 7.24. The van der Waals surface area contributed by atoms with Crippen LogP contribution >= 0.6 is 22.9 Å². The van der Waals surface area contributed by atoms with Crippen LogP contribution in [-0.4, -0.2) is 5.78 Å². The molecule has 3 heteroatoms. The van der Waals surface area contributed by atoms with Gasteiger partial charge in [0.15, 0.2) is 5.78 Å². The fraction of sp³-hybridized carbons (Fsp3) is 0.583. The molecule has 15 heavy (non-hydrogen) atoms. The average molecular weight is 243 g/mol. The van der Waals surface area contributed by atoms with Crippen LogP contribution in [0.1, 0.15) is 42.3 Å². The van der Waals surface area contributed by atoms with Crippen LogP contribution in [0.15, 0.2) is 12.1 Å². The SMILES string of the molecule is CCC1CCC(C(=O)c2ccc(Cl)s2)C1. The first kappa shape index (κ1) is 11.2. The summed E-state index contributed by atoms with van der Waals surface area (Å²) in [5, 5.41) is 0. The largest absolute Gasteiger partial charge is 0.293 e. The maximum Gasteiger partial charge on any atom is 0.175 e. The molecular formula is C12H15ClOS. The fourth-order valence-corrected chi connectivity index (χ4v) is 3.39. The van der Waals surface area contributed by atoms with Crippen molar-refractivity contribution in [3.63, 3.8) is 0 Å². The average Bonchev–Trinajstić information content (AvgIpc) is 2.84. The molecule has 1 aromatic rings. The number of halogens is 1. The van der Waals surface area contributed by atoms with Gasteiger partial charge in [0.25, 0.3) is 0 Å². The lowest BCUT2D eigenvalue weighted by Gasteiger charge is -2.07. The lowest BCUT2D eigenvalue weighted by atomic mass is 9.98. The first-order valence-electron chi connectivity index (χ1n) is 5.50. The molecule has 1 aliphatic carbocycles. The Morgan fingerprint density at radius 3 is 2.87 bits per heavy atom. The molecule has 1 heterocycles. The minimum Gasteiger partial charge on any atom is -0.293 e. The summed E-state index contributed by atoms with van der Waals surface area (Å²) in [4.78, 5) is 12.9. The zero-order valence-electron chi connectivity index (χ0n) is 8.83. The highest BCUT2D eigenvalue weighted by Crippen LogP contribution is 2.36. The highest BCUT2D eigenvalue weighted by atomic mass is 35.5. The van der Waals surface area contributed by atoms with Gasteiger partial charge in [0, 0.05) is 5.92 Å². The van der Waals surface area contributed by atoms with Crippen LogP contribution in [0, 0.1) is 11.8 Å². The zero-order chi connectivity index (χ0) is 10.8. The number of rotatable bonds is 3. The second-order valence-corrected chi connectivity index (χ2v) is 5.97. The third kappa shape index (κ3) is 2.43. The Morgan fingerprint density at radius 2 is 2.33 bits per heavy atom. The molecule has 0 saturated heterocycles. The molecule has 2 rings (SSSR count). The van der Waals surface area contributed by atoms with Crippen molar-refractivity contribution in [3.8, 4) is 0 Å². The lowest BCUT2D eigenvalue weighted by Crippen LogP contribution is -2.10. The number of carbonyl (C=O) groups excluding carboxylic acids is 1. The van der Waals surface area contributed by atoms with Crippen LogP contribution in [0.3, 0.4) is 0 Å². The Kier molecular flexibility index (Phi) is 3.47. The van der Waals surface area contributed by atoms with Crippen molar-refractivity contribution in [2.75, 3.05) is 0 Å². The van der Waals surface area contributed by atoms with Gasteiger partial charge in [-0.3, -0.25) is 4.79 Å². The van der Waals surface area contributed by atoms with Gasteiger partial charge in [-0.25, -0.2) is 0 Å². The van der Waals surface area contributed by atoms with E-state index < -0.39 is 0 Å². The van der Waals surface area contributed by atoms with Gasteiger partial charge in [0.1, 0.15) is 0 Å². The minimum atomic E-state index is 0.254.